The van der Waals surface area contributed by atoms with E-state index in [0.717, 1.165) is 0 Å². The molecule has 0 saturated heterocycles. The molecule has 0 aromatic carbocycles. The van der Waals surface area contributed by atoms with E-state index >= 15 is 0 Å². The fourth-order valence-corrected chi connectivity index (χ4v) is 0.601. The first-order valence-corrected chi connectivity index (χ1v) is 3.26. The predicted molar refractivity (Wildman–Crippen MR) is 39.8 cm³/mol. The van der Waals surface area contributed by atoms with E-state index in [0.29, 0.717) is 11.7 Å². The van der Waals surface area contributed by atoms with Crippen LogP contribution >= 0.6 is 0 Å². The van der Waals surface area contributed by atoms with Gasteiger partial charge in [0.05, 0.1) is 0 Å². The topological polar surface area (TPSA) is 48.2 Å². The summed E-state index contributed by atoms with van der Waals surface area (Å²) in [4.78, 5) is 3.98. The maximum absolute atomic E-state index is 4.97. The van der Waals surface area contributed by atoms with E-state index in [-0.39, 0.29) is 6.10 Å². The van der Waals surface area contributed by atoms with Gasteiger partial charge in [-0.25, -0.2) is 0 Å². The van der Waals surface area contributed by atoms with Gasteiger partial charge in [0.15, 0.2) is 0 Å². The highest BCUT2D eigenvalue weighted by Gasteiger charge is 2.10. The molecule has 1 aromatic rings. The molecule has 0 saturated carbocycles. The van der Waals surface area contributed by atoms with E-state index in [1.54, 1.807) is 7.11 Å². The van der Waals surface area contributed by atoms with Crippen molar-refractivity contribution < 1.29 is 9.26 Å². The second kappa shape index (κ2) is 3.30. The molecule has 1 heterocycles. The maximum Gasteiger partial charge on any atom is 0.250 e. The van der Waals surface area contributed by atoms with Crippen LogP contribution < -0.4 is 0 Å². The van der Waals surface area contributed by atoms with Crippen LogP contribution in [0.15, 0.2) is 11.1 Å². The molecule has 0 N–H and O–H groups in total. The standard InChI is InChI=1S/C7H10N2O2/c1-4-6-8-7(9-11-6)5(2)10-3/h4-5H,1H2,2-3H3. The van der Waals surface area contributed by atoms with Gasteiger partial charge in [-0.15, -0.1) is 0 Å². The fourth-order valence-electron chi connectivity index (χ4n) is 0.601. The molecule has 1 aromatic heterocycles. The summed E-state index contributed by atoms with van der Waals surface area (Å²) in [5.74, 6) is 0.964. The molecule has 0 aliphatic carbocycles. The number of nitrogens with zero attached hydrogens (tertiary/aromatic N) is 2. The summed E-state index contributed by atoms with van der Waals surface area (Å²) in [7, 11) is 1.59. The highest BCUT2D eigenvalue weighted by Crippen LogP contribution is 2.11. The molecule has 1 rings (SSSR count). The third kappa shape index (κ3) is 1.65. The molecule has 0 bridgehead atoms. The minimum absolute atomic E-state index is 0.132. The Morgan fingerprint density at radius 2 is 2.45 bits per heavy atom. The Morgan fingerprint density at radius 3 is 2.91 bits per heavy atom. The maximum atomic E-state index is 4.97. The molecule has 0 aliphatic rings. The fraction of sp³-hybridized carbons (Fsp3) is 0.429. The van der Waals surface area contributed by atoms with Crippen LogP contribution in [-0.4, -0.2) is 17.3 Å². The van der Waals surface area contributed by atoms with Crippen LogP contribution in [0.25, 0.3) is 6.08 Å². The second-order valence-corrected chi connectivity index (χ2v) is 2.07. The largest absolute Gasteiger partial charge is 0.374 e. The van der Waals surface area contributed by atoms with Crippen LogP contribution in [0.5, 0.6) is 0 Å². The van der Waals surface area contributed by atoms with Crippen molar-refractivity contribution in [3.8, 4) is 0 Å². The van der Waals surface area contributed by atoms with Crippen molar-refractivity contribution in [3.05, 3.63) is 18.3 Å². The molecular weight excluding hydrogens is 144 g/mol. The Labute approximate surface area is 64.9 Å². The normalized spacial score (nSPS) is 12.9. The van der Waals surface area contributed by atoms with Gasteiger partial charge in [-0.2, -0.15) is 4.98 Å². The molecule has 60 valence electrons. The van der Waals surface area contributed by atoms with Crippen LogP contribution in [0.2, 0.25) is 0 Å². The van der Waals surface area contributed by atoms with Crippen molar-refractivity contribution in [2.24, 2.45) is 0 Å². The van der Waals surface area contributed by atoms with E-state index in [2.05, 4.69) is 16.7 Å². The van der Waals surface area contributed by atoms with Gasteiger partial charge < -0.3 is 9.26 Å². The lowest BCUT2D eigenvalue weighted by Crippen LogP contribution is -1.97. The van der Waals surface area contributed by atoms with Gasteiger partial charge in [0.2, 0.25) is 11.7 Å². The van der Waals surface area contributed by atoms with Gasteiger partial charge in [0, 0.05) is 7.11 Å². The zero-order valence-corrected chi connectivity index (χ0v) is 6.57. The van der Waals surface area contributed by atoms with Gasteiger partial charge >= 0.3 is 0 Å². The predicted octanol–water partition coefficient (Wildman–Crippen LogP) is 1.42. The van der Waals surface area contributed by atoms with Crippen molar-refractivity contribution in [2.75, 3.05) is 7.11 Å². The van der Waals surface area contributed by atoms with E-state index < -0.39 is 0 Å². The average molecular weight is 154 g/mol. The lowest BCUT2D eigenvalue weighted by molar-refractivity contribution is 0.109. The third-order valence-electron chi connectivity index (χ3n) is 1.35. The Bertz CT molecular complexity index is 244. The molecule has 1 atom stereocenters. The number of hydrogen-bond acceptors (Lipinski definition) is 4. The molecule has 11 heavy (non-hydrogen) atoms. The first-order valence-electron chi connectivity index (χ1n) is 3.26. The molecule has 1 unspecified atom stereocenters. The Morgan fingerprint density at radius 1 is 1.73 bits per heavy atom. The first kappa shape index (κ1) is 7.94. The number of ether oxygens (including phenoxy) is 1. The number of aromatic nitrogens is 2. The van der Waals surface area contributed by atoms with Gasteiger partial charge in [-0.3, -0.25) is 0 Å². The number of methoxy groups -OCH3 is 1. The SMILES string of the molecule is C=Cc1nc(C(C)OC)no1. The zero-order chi connectivity index (χ0) is 8.27. The zero-order valence-electron chi connectivity index (χ0n) is 6.57. The van der Waals surface area contributed by atoms with Crippen LogP contribution in [-0.2, 0) is 4.74 Å². The van der Waals surface area contributed by atoms with Crippen LogP contribution in [0.3, 0.4) is 0 Å². The summed E-state index contributed by atoms with van der Waals surface area (Å²) in [6, 6.07) is 0. The van der Waals surface area contributed by atoms with Gasteiger partial charge in [-0.1, -0.05) is 11.7 Å². The second-order valence-electron chi connectivity index (χ2n) is 2.07. The van der Waals surface area contributed by atoms with E-state index in [1.165, 1.54) is 6.08 Å². The summed E-state index contributed by atoms with van der Waals surface area (Å²) >= 11 is 0. The minimum atomic E-state index is -0.132. The molecule has 0 radical (unpaired) electrons. The number of hydrogen-bond donors (Lipinski definition) is 0. The molecule has 0 amide bonds. The van der Waals surface area contributed by atoms with E-state index in [4.69, 9.17) is 9.26 Å². The van der Waals surface area contributed by atoms with Gasteiger partial charge in [0.1, 0.15) is 6.10 Å². The molecule has 0 spiro atoms. The van der Waals surface area contributed by atoms with E-state index in [9.17, 15) is 0 Å². The number of rotatable bonds is 3. The Kier molecular flexibility index (Phi) is 2.38. The molecular formula is C7H10N2O2. The van der Waals surface area contributed by atoms with Crippen LogP contribution in [0.4, 0.5) is 0 Å². The van der Waals surface area contributed by atoms with E-state index in [1.807, 2.05) is 6.92 Å². The van der Waals surface area contributed by atoms with Crippen molar-refractivity contribution in [2.45, 2.75) is 13.0 Å². The summed E-state index contributed by atoms with van der Waals surface area (Å²) < 4.78 is 9.75. The van der Waals surface area contributed by atoms with Crippen LogP contribution in [0.1, 0.15) is 24.7 Å². The minimum Gasteiger partial charge on any atom is -0.374 e. The molecule has 0 aliphatic heterocycles. The summed E-state index contributed by atoms with van der Waals surface area (Å²) in [5.41, 5.74) is 0. The molecule has 0 fully saturated rings. The lowest BCUT2D eigenvalue weighted by Gasteiger charge is -2.00. The highest BCUT2D eigenvalue weighted by atomic mass is 16.5. The van der Waals surface area contributed by atoms with Crippen molar-refractivity contribution in [3.63, 3.8) is 0 Å². The third-order valence-corrected chi connectivity index (χ3v) is 1.35. The molecule has 4 heteroatoms. The monoisotopic (exact) mass is 154 g/mol. The summed E-state index contributed by atoms with van der Waals surface area (Å²) in [5, 5.41) is 3.68. The van der Waals surface area contributed by atoms with Gasteiger partial charge in [0.25, 0.3) is 0 Å². The van der Waals surface area contributed by atoms with Crippen LogP contribution in [0, 0.1) is 0 Å². The van der Waals surface area contributed by atoms with Crippen molar-refractivity contribution >= 4 is 6.08 Å². The lowest BCUT2D eigenvalue weighted by atomic mass is 10.4. The quantitative estimate of drug-likeness (QED) is 0.660. The Balaban J connectivity index is 2.79. The average Bonchev–Trinajstić information content (AvgIpc) is 2.50. The first-order chi connectivity index (χ1) is 5.27. The summed E-state index contributed by atoms with van der Waals surface area (Å²) in [6.07, 6.45) is 1.37. The summed E-state index contributed by atoms with van der Waals surface area (Å²) in [6.45, 7) is 5.34. The van der Waals surface area contributed by atoms with Crippen molar-refractivity contribution in [1.82, 2.24) is 10.1 Å². The van der Waals surface area contributed by atoms with Crippen molar-refractivity contribution in [1.29, 1.82) is 0 Å². The highest BCUT2D eigenvalue weighted by molar-refractivity contribution is 5.32. The molecule has 4 nitrogen and oxygen atoms in total. The Hall–Kier alpha value is -1.16. The smallest absolute Gasteiger partial charge is 0.250 e. The van der Waals surface area contributed by atoms with Gasteiger partial charge in [-0.05, 0) is 13.0 Å².